The molecule has 2 aromatic rings. The molecule has 2 rings (SSSR count). The van der Waals surface area contributed by atoms with E-state index in [1.165, 1.54) is 30.3 Å². The number of hydrogen-bond donors (Lipinski definition) is 2. The summed E-state index contributed by atoms with van der Waals surface area (Å²) < 4.78 is 56.4. The first-order valence-electron chi connectivity index (χ1n) is 6.90. The van der Waals surface area contributed by atoms with Crippen molar-refractivity contribution in [3.05, 3.63) is 54.6 Å². The first kappa shape index (κ1) is 19.6. The number of halogens is 1. The van der Waals surface area contributed by atoms with Crippen LogP contribution in [0.25, 0.3) is 0 Å². The van der Waals surface area contributed by atoms with Crippen LogP contribution >= 0.6 is 15.9 Å². The van der Waals surface area contributed by atoms with Crippen LogP contribution in [0.1, 0.15) is 0 Å². The maximum absolute atomic E-state index is 12.3. The summed E-state index contributed by atoms with van der Waals surface area (Å²) in [5, 5.41) is 2.30. The lowest BCUT2D eigenvalue weighted by Gasteiger charge is -2.13. The zero-order valence-electron chi connectivity index (χ0n) is 12.7. The third-order valence-corrected chi connectivity index (χ3v) is 7.02. The maximum Gasteiger partial charge on any atom is 0.296 e. The van der Waals surface area contributed by atoms with Gasteiger partial charge < -0.3 is 5.32 Å². The minimum atomic E-state index is -4.53. The van der Waals surface area contributed by atoms with Crippen molar-refractivity contribution >= 4 is 47.5 Å². The van der Waals surface area contributed by atoms with Crippen molar-refractivity contribution < 1.29 is 26.2 Å². The zero-order valence-corrected chi connectivity index (χ0v) is 15.9. The fourth-order valence-corrected chi connectivity index (χ4v) is 5.11. The number of para-hydroxylation sites is 1. The maximum atomic E-state index is 12.3. The summed E-state index contributed by atoms with van der Waals surface area (Å²) in [7, 11) is -8.24. The van der Waals surface area contributed by atoms with Gasteiger partial charge in [0.1, 0.15) is 9.72 Å². The molecule has 0 spiro atoms. The third kappa shape index (κ3) is 5.11. The molecule has 0 aliphatic heterocycles. The number of hydrogen-bond acceptors (Lipinski definition) is 5. The first-order valence-corrected chi connectivity index (χ1v) is 10.9. The summed E-state index contributed by atoms with van der Waals surface area (Å²) in [6.45, 7) is 0. The van der Waals surface area contributed by atoms with Crippen LogP contribution in [0.2, 0.25) is 0 Å². The molecule has 0 saturated heterocycles. The van der Waals surface area contributed by atoms with Crippen LogP contribution in [0.15, 0.2) is 64.4 Å². The Labute approximate surface area is 153 Å². The summed E-state index contributed by atoms with van der Waals surface area (Å²) in [5.74, 6) is -1.27. The van der Waals surface area contributed by atoms with E-state index < -0.39 is 41.3 Å². The van der Waals surface area contributed by atoms with Gasteiger partial charge in [0.15, 0.2) is 9.84 Å². The van der Waals surface area contributed by atoms with Gasteiger partial charge in [0.2, 0.25) is 5.91 Å². The van der Waals surface area contributed by atoms with Crippen LogP contribution in [0, 0.1) is 0 Å². The number of benzene rings is 2. The van der Waals surface area contributed by atoms with Crippen LogP contribution < -0.4 is 5.32 Å². The Kier molecular flexibility index (Phi) is 5.99. The largest absolute Gasteiger partial charge is 0.324 e. The molecule has 1 amide bonds. The van der Waals surface area contributed by atoms with Gasteiger partial charge in [-0.1, -0.05) is 46.3 Å². The average molecular weight is 448 g/mol. The second-order valence-electron chi connectivity index (χ2n) is 5.02. The van der Waals surface area contributed by atoms with Gasteiger partial charge >= 0.3 is 0 Å². The lowest BCUT2D eigenvalue weighted by molar-refractivity contribution is -0.115. The molecule has 10 heteroatoms. The highest BCUT2D eigenvalue weighted by atomic mass is 79.9. The van der Waals surface area contributed by atoms with E-state index in [1.807, 2.05) is 0 Å². The number of rotatable bonds is 6. The van der Waals surface area contributed by atoms with Crippen molar-refractivity contribution in [2.75, 3.05) is 11.1 Å². The molecule has 0 heterocycles. The highest BCUT2D eigenvalue weighted by molar-refractivity contribution is 9.10. The number of nitrogens with one attached hydrogen (secondary N) is 1. The van der Waals surface area contributed by atoms with Crippen molar-refractivity contribution in [3.8, 4) is 0 Å². The van der Waals surface area contributed by atoms with Crippen LogP contribution in [-0.2, 0) is 24.7 Å². The zero-order chi connectivity index (χ0) is 18.7. The van der Waals surface area contributed by atoms with E-state index >= 15 is 0 Å². The van der Waals surface area contributed by atoms with Gasteiger partial charge in [0, 0.05) is 0 Å². The highest BCUT2D eigenvalue weighted by Gasteiger charge is 2.26. The number of alkyl halides is 1. The lowest BCUT2D eigenvalue weighted by Crippen LogP contribution is -2.30. The Bertz CT molecular complexity index is 974. The van der Waals surface area contributed by atoms with E-state index in [4.69, 9.17) is 4.55 Å². The van der Waals surface area contributed by atoms with E-state index in [-0.39, 0.29) is 10.6 Å². The molecule has 1 atom stereocenters. The molecule has 7 nitrogen and oxygen atoms in total. The molecule has 0 aromatic heterocycles. The molecule has 0 bridgehead atoms. The van der Waals surface area contributed by atoms with Gasteiger partial charge in [-0.05, 0) is 24.3 Å². The Morgan fingerprint density at radius 1 is 1.00 bits per heavy atom. The summed E-state index contributed by atoms with van der Waals surface area (Å²) in [6.07, 6.45) is 0. The normalized spacial score (nSPS) is 13.2. The molecule has 0 radical (unpaired) electrons. The molecule has 0 saturated carbocycles. The number of carbonyl (C=O) groups excluding carboxylic acids is 1. The smallest absolute Gasteiger partial charge is 0.296 e. The SMILES string of the molecule is O=C(Nc1ccccc1S(=O)(=O)O)C(Br)CS(=O)(=O)c1ccccc1. The highest BCUT2D eigenvalue weighted by Crippen LogP contribution is 2.22. The monoisotopic (exact) mass is 447 g/mol. The predicted molar refractivity (Wildman–Crippen MR) is 96.1 cm³/mol. The van der Waals surface area contributed by atoms with Crippen molar-refractivity contribution in [3.63, 3.8) is 0 Å². The molecule has 0 fully saturated rings. The van der Waals surface area contributed by atoms with Crippen molar-refractivity contribution in [1.29, 1.82) is 0 Å². The van der Waals surface area contributed by atoms with E-state index in [0.29, 0.717) is 0 Å². The van der Waals surface area contributed by atoms with Crippen molar-refractivity contribution in [1.82, 2.24) is 0 Å². The lowest BCUT2D eigenvalue weighted by atomic mass is 10.3. The van der Waals surface area contributed by atoms with Gasteiger partial charge in [-0.25, -0.2) is 8.42 Å². The molecule has 1 unspecified atom stereocenters. The van der Waals surface area contributed by atoms with Crippen molar-refractivity contribution in [2.45, 2.75) is 14.6 Å². The molecule has 2 N–H and O–H groups in total. The van der Waals surface area contributed by atoms with E-state index in [1.54, 1.807) is 18.2 Å². The fourth-order valence-electron chi connectivity index (χ4n) is 2.00. The Morgan fingerprint density at radius 3 is 2.16 bits per heavy atom. The van der Waals surface area contributed by atoms with Crippen molar-refractivity contribution in [2.24, 2.45) is 0 Å². The molecular weight excluding hydrogens is 434 g/mol. The van der Waals surface area contributed by atoms with Crippen LogP contribution in [-0.4, -0.2) is 37.9 Å². The van der Waals surface area contributed by atoms with Gasteiger partial charge in [0.25, 0.3) is 10.1 Å². The molecular formula is C15H14BrNO6S2. The summed E-state index contributed by atoms with van der Waals surface area (Å²) in [6, 6.07) is 12.9. The van der Waals surface area contributed by atoms with Gasteiger partial charge in [-0.15, -0.1) is 0 Å². The fraction of sp³-hybridized carbons (Fsp3) is 0.133. The second kappa shape index (κ2) is 7.65. The molecule has 0 aliphatic carbocycles. The summed E-state index contributed by atoms with van der Waals surface area (Å²) >= 11 is 3.01. The molecule has 25 heavy (non-hydrogen) atoms. The first-order chi connectivity index (χ1) is 11.6. The minimum Gasteiger partial charge on any atom is -0.324 e. The topological polar surface area (TPSA) is 118 Å². The van der Waals surface area contributed by atoms with Crippen LogP contribution in [0.4, 0.5) is 5.69 Å². The number of amides is 1. The van der Waals surface area contributed by atoms with Gasteiger partial charge in [0.05, 0.1) is 16.3 Å². The predicted octanol–water partition coefficient (Wildman–Crippen LogP) is 2.11. The Hall–Kier alpha value is -1.75. The minimum absolute atomic E-state index is 0.0746. The van der Waals surface area contributed by atoms with Crippen LogP contribution in [0.5, 0.6) is 0 Å². The number of sulfone groups is 1. The number of anilines is 1. The van der Waals surface area contributed by atoms with Crippen LogP contribution in [0.3, 0.4) is 0 Å². The average Bonchev–Trinajstić information content (AvgIpc) is 2.54. The molecule has 0 aliphatic rings. The van der Waals surface area contributed by atoms with Gasteiger partial charge in [-0.3, -0.25) is 9.35 Å². The Balaban J connectivity index is 2.17. The summed E-state index contributed by atoms with van der Waals surface area (Å²) in [4.78, 5) is 10.7. The summed E-state index contributed by atoms with van der Waals surface area (Å²) in [5.41, 5.74) is -0.142. The van der Waals surface area contributed by atoms with E-state index in [0.717, 1.165) is 6.07 Å². The quantitative estimate of drug-likeness (QED) is 0.517. The van der Waals surface area contributed by atoms with Gasteiger partial charge in [-0.2, -0.15) is 8.42 Å². The molecule has 2 aromatic carbocycles. The third-order valence-electron chi connectivity index (χ3n) is 3.18. The standard InChI is InChI=1S/C15H14BrNO6S2/c16-12(10-24(19,20)11-6-2-1-3-7-11)15(18)17-13-8-4-5-9-14(13)25(21,22)23/h1-9,12H,10H2,(H,17,18)(H,21,22,23). The van der Waals surface area contributed by atoms with E-state index in [2.05, 4.69) is 21.2 Å². The molecule has 134 valence electrons. The second-order valence-corrected chi connectivity index (χ2v) is 9.55. The Morgan fingerprint density at radius 2 is 1.56 bits per heavy atom. The van der Waals surface area contributed by atoms with E-state index in [9.17, 15) is 21.6 Å². The number of carbonyl (C=O) groups is 1.